The molecule has 104 valence electrons. The minimum absolute atomic E-state index is 1.20. The Hall–Kier alpha value is -2.19. The van der Waals surface area contributed by atoms with E-state index in [-0.39, 0.29) is 0 Å². The SMILES string of the molecule is CS1(c2ccccc2)c2ccccc2Nc2ccccc21. The zero-order valence-corrected chi connectivity index (χ0v) is 12.7. The van der Waals surface area contributed by atoms with Crippen LogP contribution in [0.4, 0.5) is 11.4 Å². The summed E-state index contributed by atoms with van der Waals surface area (Å²) in [4.78, 5) is 4.23. The van der Waals surface area contributed by atoms with Gasteiger partial charge in [-0.3, -0.25) is 0 Å². The van der Waals surface area contributed by atoms with Gasteiger partial charge in [-0.2, -0.15) is 10.0 Å². The third kappa shape index (κ3) is 1.79. The predicted molar refractivity (Wildman–Crippen MR) is 90.9 cm³/mol. The number of hydrogen-bond acceptors (Lipinski definition) is 1. The summed E-state index contributed by atoms with van der Waals surface area (Å²) in [5.74, 6) is 0. The van der Waals surface area contributed by atoms with E-state index in [1.807, 2.05) is 0 Å². The first-order valence-corrected chi connectivity index (χ1v) is 9.13. The van der Waals surface area contributed by atoms with E-state index in [4.69, 9.17) is 0 Å². The normalized spacial score (nSPS) is 16.2. The van der Waals surface area contributed by atoms with Gasteiger partial charge in [0.25, 0.3) is 0 Å². The van der Waals surface area contributed by atoms with E-state index in [9.17, 15) is 0 Å². The van der Waals surface area contributed by atoms with E-state index >= 15 is 0 Å². The number of fused-ring (bicyclic) bond motifs is 2. The zero-order valence-electron chi connectivity index (χ0n) is 11.9. The maximum Gasteiger partial charge on any atom is 0.0513 e. The van der Waals surface area contributed by atoms with Crippen LogP contribution in [0.3, 0.4) is 0 Å². The molecule has 4 rings (SSSR count). The fraction of sp³-hybridized carbons (Fsp3) is 0.0526. The Kier molecular flexibility index (Phi) is 2.79. The van der Waals surface area contributed by atoms with Crippen LogP contribution in [-0.2, 0) is 0 Å². The van der Waals surface area contributed by atoms with Crippen molar-refractivity contribution in [3.05, 3.63) is 78.9 Å². The van der Waals surface area contributed by atoms with Crippen molar-refractivity contribution in [2.75, 3.05) is 11.6 Å². The molecule has 1 aliphatic rings. The highest BCUT2D eigenvalue weighted by molar-refractivity contribution is 8.33. The van der Waals surface area contributed by atoms with Gasteiger partial charge in [0.15, 0.2) is 0 Å². The lowest BCUT2D eigenvalue weighted by atomic mass is 10.2. The van der Waals surface area contributed by atoms with E-state index in [0.717, 1.165) is 0 Å². The molecule has 0 aliphatic carbocycles. The molecule has 0 amide bonds. The second-order valence-corrected chi connectivity index (χ2v) is 8.54. The Labute approximate surface area is 127 Å². The van der Waals surface area contributed by atoms with Crippen LogP contribution in [0.25, 0.3) is 0 Å². The van der Waals surface area contributed by atoms with Crippen molar-refractivity contribution < 1.29 is 0 Å². The van der Waals surface area contributed by atoms with Crippen LogP contribution >= 0.6 is 10.0 Å². The third-order valence-electron chi connectivity index (χ3n) is 4.14. The number of anilines is 2. The van der Waals surface area contributed by atoms with Crippen molar-refractivity contribution in [2.24, 2.45) is 0 Å². The van der Waals surface area contributed by atoms with E-state index in [0.29, 0.717) is 0 Å². The molecule has 0 saturated heterocycles. The van der Waals surface area contributed by atoms with Crippen molar-refractivity contribution in [2.45, 2.75) is 14.7 Å². The maximum atomic E-state index is 3.59. The number of para-hydroxylation sites is 2. The van der Waals surface area contributed by atoms with Gasteiger partial charge in [-0.1, -0.05) is 42.5 Å². The molecule has 1 nitrogen and oxygen atoms in total. The molecular weight excluding hydrogens is 274 g/mol. The van der Waals surface area contributed by atoms with Gasteiger partial charge in [0.2, 0.25) is 0 Å². The van der Waals surface area contributed by atoms with Gasteiger partial charge >= 0.3 is 0 Å². The van der Waals surface area contributed by atoms with Crippen molar-refractivity contribution >= 4 is 21.4 Å². The smallest absolute Gasteiger partial charge is 0.0513 e. The molecule has 0 spiro atoms. The lowest BCUT2D eigenvalue weighted by Crippen LogP contribution is -2.11. The van der Waals surface area contributed by atoms with Crippen LogP contribution in [0.2, 0.25) is 0 Å². The molecule has 0 saturated carbocycles. The average Bonchev–Trinajstić information content (AvgIpc) is 2.56. The highest BCUT2D eigenvalue weighted by atomic mass is 32.3. The molecule has 1 aliphatic heterocycles. The van der Waals surface area contributed by atoms with Crippen LogP contribution in [0.1, 0.15) is 0 Å². The summed E-state index contributed by atoms with van der Waals surface area (Å²) in [5.41, 5.74) is 2.47. The number of nitrogens with one attached hydrogen (secondary N) is 1. The van der Waals surface area contributed by atoms with E-state index in [1.54, 1.807) is 0 Å². The summed E-state index contributed by atoms with van der Waals surface area (Å²) in [6.07, 6.45) is 2.40. The van der Waals surface area contributed by atoms with Crippen LogP contribution in [0.5, 0.6) is 0 Å². The molecule has 0 bridgehead atoms. The molecule has 2 heteroatoms. The van der Waals surface area contributed by atoms with Gasteiger partial charge in [0, 0.05) is 9.79 Å². The van der Waals surface area contributed by atoms with Gasteiger partial charge in [-0.25, -0.2) is 0 Å². The first-order chi connectivity index (χ1) is 10.3. The Morgan fingerprint density at radius 3 is 1.67 bits per heavy atom. The van der Waals surface area contributed by atoms with E-state index in [2.05, 4.69) is 90.4 Å². The predicted octanol–water partition coefficient (Wildman–Crippen LogP) is 5.66. The second kappa shape index (κ2) is 4.68. The van der Waals surface area contributed by atoms with Gasteiger partial charge in [0.05, 0.1) is 11.4 Å². The average molecular weight is 291 g/mol. The molecule has 3 aromatic carbocycles. The standard InChI is InChI=1S/C19H17NS/c1-21(15-9-3-2-4-10-15)18-13-7-5-11-16(18)20-17-12-6-8-14-19(17)21/h2-14,20H,1H3. The van der Waals surface area contributed by atoms with Gasteiger partial charge < -0.3 is 5.32 Å². The molecule has 0 aromatic heterocycles. The van der Waals surface area contributed by atoms with Crippen LogP contribution in [0, 0.1) is 0 Å². The Bertz CT molecular complexity index is 750. The lowest BCUT2D eigenvalue weighted by Gasteiger charge is -2.43. The Morgan fingerprint density at radius 2 is 1.10 bits per heavy atom. The van der Waals surface area contributed by atoms with Crippen molar-refractivity contribution in [3.8, 4) is 0 Å². The first kappa shape index (κ1) is 12.5. The quantitative estimate of drug-likeness (QED) is 0.610. The highest BCUT2D eigenvalue weighted by Gasteiger charge is 2.33. The Morgan fingerprint density at radius 1 is 0.619 bits per heavy atom. The second-order valence-electron chi connectivity index (χ2n) is 5.35. The largest absolute Gasteiger partial charge is 0.354 e. The summed E-state index contributed by atoms with van der Waals surface area (Å²) in [5, 5.41) is 3.59. The van der Waals surface area contributed by atoms with E-state index < -0.39 is 10.0 Å². The molecule has 1 heterocycles. The molecule has 0 unspecified atom stereocenters. The lowest BCUT2D eigenvalue weighted by molar-refractivity contribution is 1.24. The zero-order chi connectivity index (χ0) is 14.3. The summed E-state index contributed by atoms with van der Waals surface area (Å²) < 4.78 is 0. The summed E-state index contributed by atoms with van der Waals surface area (Å²) in [6, 6.07) is 28.3. The molecule has 3 aromatic rings. The van der Waals surface area contributed by atoms with Crippen LogP contribution < -0.4 is 5.32 Å². The van der Waals surface area contributed by atoms with E-state index in [1.165, 1.54) is 26.1 Å². The van der Waals surface area contributed by atoms with Gasteiger partial charge in [0.1, 0.15) is 0 Å². The molecule has 0 radical (unpaired) electrons. The molecule has 0 fully saturated rings. The summed E-state index contributed by atoms with van der Waals surface area (Å²) in [6.45, 7) is 0. The van der Waals surface area contributed by atoms with Crippen LogP contribution in [0.15, 0.2) is 93.5 Å². The third-order valence-corrected chi connectivity index (χ3v) is 7.82. The summed E-state index contributed by atoms with van der Waals surface area (Å²) >= 11 is 0. The fourth-order valence-electron chi connectivity index (χ4n) is 3.06. The van der Waals surface area contributed by atoms with Crippen molar-refractivity contribution in [1.29, 1.82) is 0 Å². The molecule has 1 N–H and O–H groups in total. The van der Waals surface area contributed by atoms with Crippen LogP contribution in [-0.4, -0.2) is 6.26 Å². The van der Waals surface area contributed by atoms with Crippen molar-refractivity contribution in [3.63, 3.8) is 0 Å². The first-order valence-electron chi connectivity index (χ1n) is 7.09. The fourth-order valence-corrected chi connectivity index (χ4v) is 6.33. The highest BCUT2D eigenvalue weighted by Crippen LogP contribution is 2.71. The number of benzene rings is 3. The maximum absolute atomic E-state index is 3.59. The monoisotopic (exact) mass is 291 g/mol. The number of rotatable bonds is 1. The summed E-state index contributed by atoms with van der Waals surface area (Å²) in [7, 11) is -1.20. The minimum atomic E-state index is -1.20. The molecule has 0 atom stereocenters. The Balaban J connectivity index is 2.06. The molecule has 21 heavy (non-hydrogen) atoms. The minimum Gasteiger partial charge on any atom is -0.354 e. The van der Waals surface area contributed by atoms with Crippen molar-refractivity contribution in [1.82, 2.24) is 0 Å². The number of hydrogen-bond donors (Lipinski definition) is 1. The van der Waals surface area contributed by atoms with Gasteiger partial charge in [-0.05, 0) is 47.5 Å². The van der Waals surface area contributed by atoms with Gasteiger partial charge in [-0.15, -0.1) is 0 Å². The molecular formula is C19H17NS. The topological polar surface area (TPSA) is 12.0 Å².